The number of morpholine rings is 1. The minimum absolute atomic E-state index is 0.438. The van der Waals surface area contributed by atoms with Gasteiger partial charge in [-0.3, -0.25) is 9.69 Å². The summed E-state index contributed by atoms with van der Waals surface area (Å²) in [6, 6.07) is 0.438. The van der Waals surface area contributed by atoms with E-state index in [9.17, 15) is 9.90 Å². The second-order valence-corrected chi connectivity index (χ2v) is 5.63. The lowest BCUT2D eigenvalue weighted by molar-refractivity contribution is -0.144. The lowest BCUT2D eigenvalue weighted by Crippen LogP contribution is -2.50. The number of aliphatic carboxylic acids is 1. The quantitative estimate of drug-likeness (QED) is 0.698. The number of hydrogen-bond acceptors (Lipinski definition) is 4. The van der Waals surface area contributed by atoms with E-state index in [1.165, 1.54) is 0 Å². The molecule has 0 aliphatic carbocycles. The number of carboxylic acid groups (broad SMARTS) is 1. The monoisotopic (exact) mass is 272 g/mol. The third-order valence-corrected chi connectivity index (χ3v) is 3.86. The van der Waals surface area contributed by atoms with E-state index in [4.69, 9.17) is 4.74 Å². The minimum Gasteiger partial charge on any atom is -0.480 e. The highest BCUT2D eigenvalue weighted by Crippen LogP contribution is 2.15. The SMILES string of the molecule is CCCNC(C)(CCCN1CCOCC1C)C(=O)O. The van der Waals surface area contributed by atoms with E-state index in [-0.39, 0.29) is 0 Å². The van der Waals surface area contributed by atoms with E-state index >= 15 is 0 Å². The number of nitrogens with zero attached hydrogens (tertiary/aromatic N) is 1. The van der Waals surface area contributed by atoms with Crippen LogP contribution in [-0.4, -0.2) is 60.4 Å². The molecule has 0 aromatic heterocycles. The summed E-state index contributed by atoms with van der Waals surface area (Å²) in [6.07, 6.45) is 2.50. The van der Waals surface area contributed by atoms with Crippen molar-refractivity contribution >= 4 is 5.97 Å². The van der Waals surface area contributed by atoms with Gasteiger partial charge in [0.05, 0.1) is 13.2 Å². The highest BCUT2D eigenvalue weighted by Gasteiger charge is 2.32. The van der Waals surface area contributed by atoms with Gasteiger partial charge in [-0.05, 0) is 46.2 Å². The zero-order valence-corrected chi connectivity index (χ0v) is 12.4. The van der Waals surface area contributed by atoms with Gasteiger partial charge in [-0.25, -0.2) is 0 Å². The van der Waals surface area contributed by atoms with Crippen molar-refractivity contribution in [2.45, 2.75) is 51.6 Å². The van der Waals surface area contributed by atoms with Crippen LogP contribution in [0.5, 0.6) is 0 Å². The summed E-state index contributed by atoms with van der Waals surface area (Å²) in [4.78, 5) is 13.8. The molecule has 2 atom stereocenters. The topological polar surface area (TPSA) is 61.8 Å². The van der Waals surface area contributed by atoms with Crippen LogP contribution in [0, 0.1) is 0 Å². The van der Waals surface area contributed by atoms with Crippen molar-refractivity contribution in [3.8, 4) is 0 Å². The fraction of sp³-hybridized carbons (Fsp3) is 0.929. The van der Waals surface area contributed by atoms with Crippen molar-refractivity contribution in [2.24, 2.45) is 0 Å². The normalized spacial score (nSPS) is 24.1. The molecule has 0 aromatic rings. The van der Waals surface area contributed by atoms with E-state index in [0.717, 1.165) is 45.7 Å². The molecule has 0 bridgehead atoms. The Balaban J connectivity index is 2.37. The third-order valence-electron chi connectivity index (χ3n) is 3.86. The highest BCUT2D eigenvalue weighted by molar-refractivity contribution is 5.78. The molecule has 112 valence electrons. The van der Waals surface area contributed by atoms with Crippen molar-refractivity contribution in [3.63, 3.8) is 0 Å². The van der Waals surface area contributed by atoms with E-state index < -0.39 is 11.5 Å². The van der Waals surface area contributed by atoms with Gasteiger partial charge in [0, 0.05) is 12.6 Å². The Morgan fingerprint density at radius 3 is 2.89 bits per heavy atom. The van der Waals surface area contributed by atoms with Crippen LogP contribution < -0.4 is 5.32 Å². The highest BCUT2D eigenvalue weighted by atomic mass is 16.5. The van der Waals surface area contributed by atoms with Gasteiger partial charge in [0.25, 0.3) is 0 Å². The first-order valence-electron chi connectivity index (χ1n) is 7.30. The lowest BCUT2D eigenvalue weighted by Gasteiger charge is -2.34. The van der Waals surface area contributed by atoms with Crippen LogP contribution in [0.2, 0.25) is 0 Å². The lowest BCUT2D eigenvalue weighted by atomic mass is 9.95. The number of carboxylic acids is 1. The Kier molecular flexibility index (Phi) is 6.75. The minimum atomic E-state index is -0.800. The Morgan fingerprint density at radius 1 is 1.58 bits per heavy atom. The fourth-order valence-electron chi connectivity index (χ4n) is 2.40. The molecule has 0 amide bonds. The molecule has 1 heterocycles. The van der Waals surface area contributed by atoms with E-state index in [0.29, 0.717) is 12.5 Å². The van der Waals surface area contributed by atoms with Crippen LogP contribution in [0.25, 0.3) is 0 Å². The van der Waals surface area contributed by atoms with Crippen molar-refractivity contribution in [3.05, 3.63) is 0 Å². The van der Waals surface area contributed by atoms with E-state index in [2.05, 4.69) is 17.1 Å². The maximum atomic E-state index is 11.4. The van der Waals surface area contributed by atoms with Gasteiger partial charge < -0.3 is 15.2 Å². The van der Waals surface area contributed by atoms with Gasteiger partial charge >= 0.3 is 5.97 Å². The Morgan fingerprint density at radius 2 is 2.32 bits per heavy atom. The maximum Gasteiger partial charge on any atom is 0.323 e. The number of carbonyl (C=O) groups is 1. The summed E-state index contributed by atoms with van der Waals surface area (Å²) in [6.45, 7) is 10.2. The van der Waals surface area contributed by atoms with Gasteiger partial charge in [-0.15, -0.1) is 0 Å². The zero-order chi connectivity index (χ0) is 14.3. The molecule has 1 aliphatic heterocycles. The van der Waals surface area contributed by atoms with Gasteiger partial charge in [0.1, 0.15) is 5.54 Å². The molecule has 2 unspecified atom stereocenters. The molecule has 5 heteroatoms. The van der Waals surface area contributed by atoms with Crippen LogP contribution >= 0.6 is 0 Å². The zero-order valence-electron chi connectivity index (χ0n) is 12.4. The first kappa shape index (κ1) is 16.4. The van der Waals surface area contributed by atoms with Crippen molar-refractivity contribution in [1.29, 1.82) is 0 Å². The summed E-state index contributed by atoms with van der Waals surface area (Å²) in [5.41, 5.74) is -0.800. The van der Waals surface area contributed by atoms with Crippen LogP contribution in [-0.2, 0) is 9.53 Å². The first-order chi connectivity index (χ1) is 8.99. The van der Waals surface area contributed by atoms with E-state index in [1.807, 2.05) is 6.92 Å². The maximum absolute atomic E-state index is 11.4. The largest absolute Gasteiger partial charge is 0.480 e. The predicted octanol–water partition coefficient (Wildman–Crippen LogP) is 1.33. The van der Waals surface area contributed by atoms with Crippen LogP contribution in [0.4, 0.5) is 0 Å². The van der Waals surface area contributed by atoms with Crippen LogP contribution in [0.3, 0.4) is 0 Å². The molecule has 1 fully saturated rings. The van der Waals surface area contributed by atoms with Crippen molar-refractivity contribution < 1.29 is 14.6 Å². The average molecular weight is 272 g/mol. The van der Waals surface area contributed by atoms with Crippen molar-refractivity contribution in [1.82, 2.24) is 10.2 Å². The molecular formula is C14H28N2O3. The van der Waals surface area contributed by atoms with Crippen molar-refractivity contribution in [2.75, 3.05) is 32.8 Å². The van der Waals surface area contributed by atoms with Gasteiger partial charge in [-0.2, -0.15) is 0 Å². The molecule has 0 spiro atoms. The molecule has 0 saturated carbocycles. The van der Waals surface area contributed by atoms with Gasteiger partial charge in [0.2, 0.25) is 0 Å². The molecule has 0 aromatic carbocycles. The standard InChI is InChI=1S/C14H28N2O3/c1-4-7-15-14(3,13(17)18)6-5-8-16-9-10-19-11-12(16)2/h12,15H,4-11H2,1-3H3,(H,17,18). The molecular weight excluding hydrogens is 244 g/mol. The van der Waals surface area contributed by atoms with Gasteiger partial charge in [-0.1, -0.05) is 6.92 Å². The van der Waals surface area contributed by atoms with E-state index in [1.54, 1.807) is 6.92 Å². The van der Waals surface area contributed by atoms with Crippen LogP contribution in [0.1, 0.15) is 40.0 Å². The first-order valence-corrected chi connectivity index (χ1v) is 7.30. The number of rotatable bonds is 8. The van der Waals surface area contributed by atoms with Gasteiger partial charge in [0.15, 0.2) is 0 Å². The second kappa shape index (κ2) is 7.82. The molecule has 1 rings (SSSR count). The Bertz CT molecular complexity index is 286. The molecule has 5 nitrogen and oxygen atoms in total. The number of hydrogen-bond donors (Lipinski definition) is 2. The smallest absolute Gasteiger partial charge is 0.323 e. The number of nitrogens with one attached hydrogen (secondary N) is 1. The number of ether oxygens (including phenoxy) is 1. The Hall–Kier alpha value is -0.650. The predicted molar refractivity (Wildman–Crippen MR) is 75.4 cm³/mol. The summed E-state index contributed by atoms with van der Waals surface area (Å²) in [7, 11) is 0. The molecule has 1 saturated heterocycles. The summed E-state index contributed by atoms with van der Waals surface area (Å²) in [5.74, 6) is -0.754. The molecule has 19 heavy (non-hydrogen) atoms. The second-order valence-electron chi connectivity index (χ2n) is 5.63. The summed E-state index contributed by atoms with van der Waals surface area (Å²) in [5, 5.41) is 12.5. The average Bonchev–Trinajstić information content (AvgIpc) is 2.38. The molecule has 0 radical (unpaired) electrons. The fourth-order valence-corrected chi connectivity index (χ4v) is 2.40. The summed E-state index contributed by atoms with van der Waals surface area (Å²) >= 11 is 0. The third kappa shape index (κ3) is 5.09. The Labute approximate surface area is 116 Å². The summed E-state index contributed by atoms with van der Waals surface area (Å²) < 4.78 is 5.40. The van der Waals surface area contributed by atoms with Crippen LogP contribution in [0.15, 0.2) is 0 Å². The molecule has 1 aliphatic rings. The molecule has 2 N–H and O–H groups in total.